The number of rotatable bonds is 11. The molecular weight excluding hydrogens is 693 g/mol. The smallest absolute Gasteiger partial charge is 0.317 e. The van der Waals surface area contributed by atoms with E-state index in [0.717, 1.165) is 10.0 Å². The van der Waals surface area contributed by atoms with E-state index in [2.05, 4.69) is 26.2 Å². The maximum atomic E-state index is 14.3. The number of imidazole rings is 1. The number of likely N-dealkylation sites (N-methyl/N-ethyl adjacent to an activating group) is 1. The van der Waals surface area contributed by atoms with Crippen LogP contribution in [0.25, 0.3) is 0 Å². The van der Waals surface area contributed by atoms with Crippen molar-refractivity contribution in [3.05, 3.63) is 68.7 Å². The van der Waals surface area contributed by atoms with Crippen LogP contribution in [0.2, 0.25) is 10.0 Å². The number of nitrogens with zero attached hydrogens (tertiary/aromatic N) is 5. The van der Waals surface area contributed by atoms with Crippen LogP contribution in [-0.2, 0) is 26.8 Å². The van der Waals surface area contributed by atoms with Gasteiger partial charge in [-0.3, -0.25) is 9.36 Å². The quantitative estimate of drug-likeness (QED) is 0.255. The number of urea groups is 1. The molecule has 2 N–H and O–H groups in total. The third kappa shape index (κ3) is 6.12. The number of sulfonamides is 1. The number of hydrogen-bond acceptors (Lipinski definition) is 6. The first kappa shape index (κ1) is 32.4. The summed E-state index contributed by atoms with van der Waals surface area (Å²) in [6.45, 7) is 2.41. The molecule has 2 aliphatic heterocycles. The van der Waals surface area contributed by atoms with Crippen LogP contribution < -0.4 is 10.2 Å². The van der Waals surface area contributed by atoms with Gasteiger partial charge in [0, 0.05) is 53.7 Å². The Hall–Kier alpha value is -2.97. The lowest BCUT2D eigenvalue weighted by molar-refractivity contribution is -0.124. The van der Waals surface area contributed by atoms with Crippen LogP contribution in [0.15, 0.2) is 58.2 Å². The van der Waals surface area contributed by atoms with E-state index in [1.807, 2.05) is 24.3 Å². The molecule has 0 aliphatic carbocycles. The lowest BCUT2D eigenvalue weighted by atomic mass is 9.92. The molecule has 3 heterocycles. The standard InChI is InChI=1S/C29H32BrCl2N7O4S/c1-29(17-19-5-7-20(30)8-6-19)26(40)38(24-15-21(31)14-22(32)16-24)27-35-18-25(39(27)29)44(42,43)36(2)12-13-37-23(4-3-10-33)9-11-34-28(37)41/h5-8,10,14-16,18,23,33H,3-4,9,11-13,17H2,1-2H3,(H,34,41)/t23?,29-/m1/s1. The summed E-state index contributed by atoms with van der Waals surface area (Å²) < 4.78 is 31.8. The van der Waals surface area contributed by atoms with Crippen molar-refractivity contribution in [1.82, 2.24) is 24.1 Å². The van der Waals surface area contributed by atoms with Gasteiger partial charge in [-0.15, -0.1) is 0 Å². The first-order valence-corrected chi connectivity index (χ1v) is 17.0. The summed E-state index contributed by atoms with van der Waals surface area (Å²) in [5, 5.41) is 10.7. The van der Waals surface area contributed by atoms with Crippen LogP contribution in [0.3, 0.4) is 0 Å². The molecule has 44 heavy (non-hydrogen) atoms. The summed E-state index contributed by atoms with van der Waals surface area (Å²) in [7, 11) is -2.74. The fourth-order valence-electron chi connectivity index (χ4n) is 5.77. The molecule has 2 aliphatic rings. The zero-order valence-corrected chi connectivity index (χ0v) is 28.0. The Balaban J connectivity index is 1.52. The van der Waals surface area contributed by atoms with Crippen LogP contribution in [0, 0.1) is 5.41 Å². The third-order valence-electron chi connectivity index (χ3n) is 8.07. The van der Waals surface area contributed by atoms with Crippen molar-refractivity contribution in [2.24, 2.45) is 0 Å². The SMILES string of the molecule is CN(CCN1C(=O)NCCC1CCC=N)S(=O)(=O)c1cnc2n1[C@](C)(Cc1ccc(Br)cc1)C(=O)N2c1cc(Cl)cc(Cl)c1. The van der Waals surface area contributed by atoms with Gasteiger partial charge in [0.1, 0.15) is 5.54 Å². The summed E-state index contributed by atoms with van der Waals surface area (Å²) in [6.07, 6.45) is 4.63. The second kappa shape index (κ2) is 12.8. The molecule has 0 radical (unpaired) electrons. The lowest BCUT2D eigenvalue weighted by Gasteiger charge is -2.36. The maximum absolute atomic E-state index is 14.3. The average molecular weight is 725 g/mol. The molecule has 3 amide bonds. The van der Waals surface area contributed by atoms with Gasteiger partial charge >= 0.3 is 6.03 Å². The van der Waals surface area contributed by atoms with E-state index in [1.165, 1.54) is 33.2 Å². The third-order valence-corrected chi connectivity index (χ3v) is 10.9. The van der Waals surface area contributed by atoms with E-state index in [0.29, 0.717) is 41.5 Å². The maximum Gasteiger partial charge on any atom is 0.317 e. The molecular formula is C29H32BrCl2N7O4S. The van der Waals surface area contributed by atoms with Crippen LogP contribution in [0.1, 0.15) is 31.7 Å². The van der Waals surface area contributed by atoms with Crippen LogP contribution in [-0.4, -0.2) is 78.1 Å². The number of benzene rings is 2. The molecule has 1 fully saturated rings. The minimum absolute atomic E-state index is 0.0162. The van der Waals surface area contributed by atoms with Gasteiger partial charge in [0.05, 0.1) is 11.9 Å². The normalized spacial score (nSPS) is 20.3. The van der Waals surface area contributed by atoms with Crippen molar-refractivity contribution >= 4 is 78.9 Å². The highest BCUT2D eigenvalue weighted by molar-refractivity contribution is 9.10. The van der Waals surface area contributed by atoms with Gasteiger partial charge in [-0.25, -0.2) is 23.1 Å². The Kier molecular flexibility index (Phi) is 9.43. The minimum Gasteiger partial charge on any atom is -0.338 e. The van der Waals surface area contributed by atoms with E-state index in [1.54, 1.807) is 30.0 Å². The average Bonchev–Trinajstić information content (AvgIpc) is 3.50. The van der Waals surface area contributed by atoms with Gasteiger partial charge in [-0.1, -0.05) is 51.3 Å². The Morgan fingerprint density at radius 1 is 1.18 bits per heavy atom. The number of aromatic nitrogens is 2. The molecule has 3 aromatic rings. The topological polar surface area (TPSA) is 132 Å². The van der Waals surface area contributed by atoms with E-state index in [9.17, 15) is 18.0 Å². The summed E-state index contributed by atoms with van der Waals surface area (Å²) in [4.78, 5) is 34.4. The van der Waals surface area contributed by atoms with Crippen molar-refractivity contribution in [3.8, 4) is 0 Å². The second-order valence-corrected chi connectivity index (χ2v) is 14.8. The monoisotopic (exact) mass is 723 g/mol. The molecule has 0 saturated carbocycles. The highest BCUT2D eigenvalue weighted by Crippen LogP contribution is 2.44. The Morgan fingerprint density at radius 2 is 1.86 bits per heavy atom. The highest BCUT2D eigenvalue weighted by Gasteiger charge is 2.52. The zero-order chi connectivity index (χ0) is 31.8. The predicted octanol–water partition coefficient (Wildman–Crippen LogP) is 5.42. The fraction of sp³-hybridized carbons (Fsp3) is 0.379. The molecule has 0 bridgehead atoms. The number of anilines is 2. The molecule has 15 heteroatoms. The number of amides is 3. The first-order chi connectivity index (χ1) is 20.9. The van der Waals surface area contributed by atoms with Crippen molar-refractivity contribution in [1.29, 1.82) is 5.41 Å². The number of halogens is 3. The molecule has 5 rings (SSSR count). The van der Waals surface area contributed by atoms with Crippen LogP contribution in [0.4, 0.5) is 16.4 Å². The molecule has 2 atom stereocenters. The molecule has 1 saturated heterocycles. The van der Waals surface area contributed by atoms with E-state index in [-0.39, 0.29) is 48.5 Å². The van der Waals surface area contributed by atoms with Crippen molar-refractivity contribution in [2.45, 2.75) is 49.2 Å². The Morgan fingerprint density at radius 3 is 2.52 bits per heavy atom. The van der Waals surface area contributed by atoms with E-state index in [4.69, 9.17) is 28.6 Å². The Bertz CT molecular complexity index is 1680. The summed E-state index contributed by atoms with van der Waals surface area (Å²) in [5.74, 6) is -0.262. The lowest BCUT2D eigenvalue weighted by Crippen LogP contribution is -2.54. The van der Waals surface area contributed by atoms with Crippen molar-refractivity contribution < 1.29 is 18.0 Å². The van der Waals surface area contributed by atoms with Crippen LogP contribution in [0.5, 0.6) is 0 Å². The summed E-state index contributed by atoms with van der Waals surface area (Å²) in [5.41, 5.74) is -0.191. The molecule has 2 aromatic carbocycles. The van der Waals surface area contributed by atoms with Crippen LogP contribution >= 0.6 is 39.1 Å². The summed E-state index contributed by atoms with van der Waals surface area (Å²) >= 11 is 16.0. The zero-order valence-electron chi connectivity index (χ0n) is 24.1. The number of hydrogen-bond donors (Lipinski definition) is 2. The highest BCUT2D eigenvalue weighted by atomic mass is 79.9. The van der Waals surface area contributed by atoms with Gasteiger partial charge in [0.2, 0.25) is 5.95 Å². The number of nitrogens with one attached hydrogen (secondary N) is 2. The molecule has 1 unspecified atom stereocenters. The van der Waals surface area contributed by atoms with E-state index >= 15 is 0 Å². The molecule has 1 aromatic heterocycles. The fourth-order valence-corrected chi connectivity index (χ4v) is 7.89. The molecule has 0 spiro atoms. The van der Waals surface area contributed by atoms with Gasteiger partial charge in [0.25, 0.3) is 15.9 Å². The Labute approximate surface area is 274 Å². The minimum atomic E-state index is -4.19. The second-order valence-electron chi connectivity index (χ2n) is 11.1. The molecule has 234 valence electrons. The number of fused-ring (bicyclic) bond motifs is 1. The van der Waals surface area contributed by atoms with E-state index < -0.39 is 15.6 Å². The number of carbonyl (C=O) groups is 2. The van der Waals surface area contributed by atoms with Gasteiger partial charge in [-0.2, -0.15) is 4.31 Å². The van der Waals surface area contributed by atoms with Crippen molar-refractivity contribution in [3.63, 3.8) is 0 Å². The predicted molar refractivity (Wildman–Crippen MR) is 174 cm³/mol. The largest absolute Gasteiger partial charge is 0.338 e. The first-order valence-electron chi connectivity index (χ1n) is 14.0. The van der Waals surface area contributed by atoms with Gasteiger partial charge < -0.3 is 15.6 Å². The number of carbonyl (C=O) groups excluding carboxylic acids is 2. The van der Waals surface area contributed by atoms with Gasteiger partial charge in [0.15, 0.2) is 5.03 Å². The molecule has 11 nitrogen and oxygen atoms in total. The summed E-state index contributed by atoms with van der Waals surface area (Å²) in [6, 6.07) is 11.8. The van der Waals surface area contributed by atoms with Crippen molar-refractivity contribution in [2.75, 3.05) is 31.6 Å². The van der Waals surface area contributed by atoms with Gasteiger partial charge in [-0.05, 0) is 68.3 Å².